The fourth-order valence-electron chi connectivity index (χ4n) is 3.62. The first kappa shape index (κ1) is 18.2. The van der Waals surface area contributed by atoms with Crippen LogP contribution in [0, 0.1) is 5.92 Å². The van der Waals surface area contributed by atoms with Gasteiger partial charge >= 0.3 is 0 Å². The first-order valence-electron chi connectivity index (χ1n) is 9.00. The van der Waals surface area contributed by atoms with E-state index in [9.17, 15) is 4.79 Å². The van der Waals surface area contributed by atoms with Crippen LogP contribution < -0.4 is 5.32 Å². The van der Waals surface area contributed by atoms with Crippen LogP contribution in [-0.2, 0) is 11.3 Å². The normalized spacial score (nSPS) is 25.2. The fraction of sp³-hybridized carbons (Fsp3) is 0.722. The molecule has 1 amide bonds. The van der Waals surface area contributed by atoms with Gasteiger partial charge in [0.05, 0.1) is 6.54 Å². The molecule has 1 N–H and O–H groups in total. The molecule has 6 heteroatoms. The van der Waals surface area contributed by atoms with Crippen molar-refractivity contribution >= 4 is 29.0 Å². The number of hydrogen-bond donors (Lipinski definition) is 1. The highest BCUT2D eigenvalue weighted by atomic mass is 32.2. The van der Waals surface area contributed by atoms with Gasteiger partial charge in [0.15, 0.2) is 0 Å². The predicted molar refractivity (Wildman–Crippen MR) is 104 cm³/mol. The zero-order valence-electron chi connectivity index (χ0n) is 14.6. The number of likely N-dealkylation sites (N-methyl/N-ethyl adjacent to an activating group) is 1. The second kappa shape index (κ2) is 9.22. The van der Waals surface area contributed by atoms with Crippen molar-refractivity contribution in [3.8, 4) is 0 Å². The molecule has 1 aromatic rings. The third-order valence-corrected chi connectivity index (χ3v) is 7.08. The SMILES string of the molecule is CN(CC(=O)NC[C@H]1CCCN(Cc2cccs2)C1)[C@H]1CCSC1. The Morgan fingerprint density at radius 1 is 1.46 bits per heavy atom. The lowest BCUT2D eigenvalue weighted by molar-refractivity contribution is -0.122. The molecule has 0 saturated carbocycles. The van der Waals surface area contributed by atoms with Crippen molar-refractivity contribution in [2.24, 2.45) is 5.92 Å². The molecule has 2 atom stereocenters. The Hall–Kier alpha value is -0.560. The largest absolute Gasteiger partial charge is 0.355 e. The number of hydrogen-bond acceptors (Lipinski definition) is 5. The zero-order chi connectivity index (χ0) is 16.8. The Morgan fingerprint density at radius 2 is 2.38 bits per heavy atom. The smallest absolute Gasteiger partial charge is 0.234 e. The Balaban J connectivity index is 1.36. The molecule has 0 aliphatic carbocycles. The molecule has 134 valence electrons. The van der Waals surface area contributed by atoms with Gasteiger partial charge in [0, 0.05) is 36.3 Å². The van der Waals surface area contributed by atoms with Gasteiger partial charge in [-0.3, -0.25) is 14.6 Å². The van der Waals surface area contributed by atoms with Crippen molar-refractivity contribution in [3.63, 3.8) is 0 Å². The van der Waals surface area contributed by atoms with E-state index in [-0.39, 0.29) is 5.91 Å². The van der Waals surface area contributed by atoms with Gasteiger partial charge in [0.2, 0.25) is 5.91 Å². The number of carbonyl (C=O) groups is 1. The lowest BCUT2D eigenvalue weighted by Gasteiger charge is -2.32. The molecule has 0 spiro atoms. The third-order valence-electron chi connectivity index (χ3n) is 5.07. The van der Waals surface area contributed by atoms with E-state index >= 15 is 0 Å². The summed E-state index contributed by atoms with van der Waals surface area (Å²) in [5, 5.41) is 5.32. The van der Waals surface area contributed by atoms with Crippen LogP contribution in [0.3, 0.4) is 0 Å². The molecule has 1 aromatic heterocycles. The van der Waals surface area contributed by atoms with Gasteiger partial charge in [-0.15, -0.1) is 11.3 Å². The van der Waals surface area contributed by atoms with Gasteiger partial charge in [0.25, 0.3) is 0 Å². The summed E-state index contributed by atoms with van der Waals surface area (Å²) in [7, 11) is 2.08. The molecule has 4 nitrogen and oxygen atoms in total. The van der Waals surface area contributed by atoms with E-state index in [2.05, 4.69) is 39.7 Å². The standard InChI is InChI=1S/C18H29N3OS2/c1-20(16-6-9-23-14-16)13-18(22)19-10-15-4-2-7-21(11-15)12-17-5-3-8-24-17/h3,5,8,15-16H,2,4,6-7,9-14H2,1H3,(H,19,22)/t15-,16+/m1/s1. The number of likely N-dealkylation sites (tertiary alicyclic amines) is 1. The summed E-state index contributed by atoms with van der Waals surface area (Å²) in [6.07, 6.45) is 3.69. The third kappa shape index (κ3) is 5.48. The van der Waals surface area contributed by atoms with Crippen LogP contribution in [0.5, 0.6) is 0 Å². The second-order valence-electron chi connectivity index (χ2n) is 7.06. The van der Waals surface area contributed by atoms with Gasteiger partial charge in [-0.05, 0) is 56.0 Å². The van der Waals surface area contributed by atoms with Crippen LogP contribution >= 0.6 is 23.1 Å². The Bertz CT molecular complexity index is 502. The number of amides is 1. The number of rotatable bonds is 7. The Kier molecular flexibility index (Phi) is 7.01. The zero-order valence-corrected chi connectivity index (χ0v) is 16.2. The minimum atomic E-state index is 0.185. The van der Waals surface area contributed by atoms with Gasteiger partial charge in [-0.1, -0.05) is 6.07 Å². The number of thioether (sulfide) groups is 1. The number of nitrogens with zero attached hydrogens (tertiary/aromatic N) is 2. The summed E-state index contributed by atoms with van der Waals surface area (Å²) in [6.45, 7) is 4.71. The Morgan fingerprint density at radius 3 is 3.12 bits per heavy atom. The average molecular weight is 368 g/mol. The molecule has 2 saturated heterocycles. The van der Waals surface area contributed by atoms with Gasteiger partial charge < -0.3 is 5.32 Å². The summed E-state index contributed by atoms with van der Waals surface area (Å²) in [6, 6.07) is 4.92. The van der Waals surface area contributed by atoms with E-state index in [1.54, 1.807) is 0 Å². The first-order valence-corrected chi connectivity index (χ1v) is 11.0. The van der Waals surface area contributed by atoms with Crippen LogP contribution in [0.4, 0.5) is 0 Å². The summed E-state index contributed by atoms with van der Waals surface area (Å²) in [4.78, 5) is 18.4. The molecular formula is C18H29N3OS2. The first-order chi connectivity index (χ1) is 11.7. The minimum Gasteiger partial charge on any atom is -0.355 e. The summed E-state index contributed by atoms with van der Waals surface area (Å²) in [5.74, 6) is 3.18. The van der Waals surface area contributed by atoms with Gasteiger partial charge in [0.1, 0.15) is 0 Å². The summed E-state index contributed by atoms with van der Waals surface area (Å²) in [5.41, 5.74) is 0. The van der Waals surface area contributed by atoms with E-state index in [0.717, 1.165) is 19.6 Å². The van der Waals surface area contributed by atoms with Gasteiger partial charge in [-0.2, -0.15) is 11.8 Å². The van der Waals surface area contributed by atoms with Crippen LogP contribution in [0.1, 0.15) is 24.1 Å². The maximum Gasteiger partial charge on any atom is 0.234 e. The maximum absolute atomic E-state index is 12.2. The predicted octanol–water partition coefficient (Wildman–Crippen LogP) is 2.51. The Labute approximate surface area is 154 Å². The number of piperidine rings is 1. The molecule has 24 heavy (non-hydrogen) atoms. The van der Waals surface area contributed by atoms with E-state index in [0.29, 0.717) is 18.5 Å². The molecule has 0 radical (unpaired) electrons. The summed E-state index contributed by atoms with van der Waals surface area (Å²) < 4.78 is 0. The summed E-state index contributed by atoms with van der Waals surface area (Å²) >= 11 is 3.83. The fourth-order valence-corrected chi connectivity index (χ4v) is 5.67. The minimum absolute atomic E-state index is 0.185. The monoisotopic (exact) mass is 367 g/mol. The number of nitrogens with one attached hydrogen (secondary N) is 1. The molecular weight excluding hydrogens is 338 g/mol. The quantitative estimate of drug-likeness (QED) is 0.803. The van der Waals surface area contributed by atoms with Crippen molar-refractivity contribution in [3.05, 3.63) is 22.4 Å². The second-order valence-corrected chi connectivity index (χ2v) is 9.24. The van der Waals surface area contributed by atoms with Crippen molar-refractivity contribution in [2.45, 2.75) is 31.8 Å². The highest BCUT2D eigenvalue weighted by Crippen LogP contribution is 2.21. The molecule has 3 rings (SSSR count). The van der Waals surface area contributed by atoms with Crippen LogP contribution in [0.2, 0.25) is 0 Å². The van der Waals surface area contributed by atoms with Crippen LogP contribution in [-0.4, -0.2) is 66.5 Å². The highest BCUT2D eigenvalue weighted by Gasteiger charge is 2.23. The van der Waals surface area contributed by atoms with Crippen molar-refractivity contribution in [2.75, 3.05) is 44.7 Å². The lowest BCUT2D eigenvalue weighted by atomic mass is 9.98. The lowest BCUT2D eigenvalue weighted by Crippen LogP contribution is -2.44. The molecule has 2 aliphatic rings. The average Bonchev–Trinajstić information content (AvgIpc) is 3.27. The number of carbonyl (C=O) groups excluding carboxylic acids is 1. The van der Waals surface area contributed by atoms with Crippen LogP contribution in [0.25, 0.3) is 0 Å². The van der Waals surface area contributed by atoms with Gasteiger partial charge in [-0.25, -0.2) is 0 Å². The molecule has 2 fully saturated rings. The molecule has 2 aliphatic heterocycles. The van der Waals surface area contributed by atoms with E-state index < -0.39 is 0 Å². The topological polar surface area (TPSA) is 35.6 Å². The highest BCUT2D eigenvalue weighted by molar-refractivity contribution is 7.99. The molecule has 0 bridgehead atoms. The van der Waals surface area contributed by atoms with E-state index in [1.807, 2.05) is 23.1 Å². The van der Waals surface area contributed by atoms with Crippen molar-refractivity contribution in [1.82, 2.24) is 15.1 Å². The van der Waals surface area contributed by atoms with Crippen molar-refractivity contribution < 1.29 is 4.79 Å². The molecule has 0 unspecified atom stereocenters. The number of thiophene rings is 1. The van der Waals surface area contributed by atoms with Crippen LogP contribution in [0.15, 0.2) is 17.5 Å². The molecule has 3 heterocycles. The maximum atomic E-state index is 12.2. The van der Waals surface area contributed by atoms with Crippen molar-refractivity contribution in [1.29, 1.82) is 0 Å². The molecule has 0 aromatic carbocycles. The van der Waals surface area contributed by atoms with E-state index in [1.165, 1.54) is 42.2 Å². The van der Waals surface area contributed by atoms with E-state index in [4.69, 9.17) is 0 Å².